The number of rotatable bonds is 19. The van der Waals surface area contributed by atoms with Gasteiger partial charge in [0.2, 0.25) is 5.91 Å². The van der Waals surface area contributed by atoms with E-state index in [1.807, 2.05) is 0 Å². The average molecular weight is 729 g/mol. The van der Waals surface area contributed by atoms with E-state index in [0.29, 0.717) is 13.1 Å². The topological polar surface area (TPSA) is 183 Å². The minimum Gasteiger partial charge on any atom is -0.693 e. The van der Waals surface area contributed by atoms with Crippen LogP contribution in [0.4, 0.5) is 4.79 Å². The number of carboxylic acid groups (broad SMARTS) is 2. The summed E-state index contributed by atoms with van der Waals surface area (Å²) in [5.41, 5.74) is 0. The van der Waals surface area contributed by atoms with Crippen LogP contribution >= 0.6 is 18.8 Å². The van der Waals surface area contributed by atoms with Crippen molar-refractivity contribution >= 4 is 36.8 Å². The van der Waals surface area contributed by atoms with Crippen molar-refractivity contribution in [1.82, 2.24) is 10.6 Å². The Labute approximate surface area is 229 Å². The molecule has 0 saturated carbocycles. The van der Waals surface area contributed by atoms with Crippen LogP contribution < -0.4 is 10.6 Å². The monoisotopic (exact) mass is 727 g/mol. The number of nitrogens with one attached hydrogen (secondary N) is 2. The molecule has 0 aliphatic carbocycles. The fourth-order valence-corrected chi connectivity index (χ4v) is 3.01. The molecule has 0 atom stereocenters. The third kappa shape index (κ3) is 55.3. The summed E-state index contributed by atoms with van der Waals surface area (Å²) >= 11 is -0.472. The van der Waals surface area contributed by atoms with Gasteiger partial charge in [-0.2, -0.15) is 0 Å². The van der Waals surface area contributed by atoms with Crippen LogP contribution in [-0.4, -0.2) is 41.3 Å². The summed E-state index contributed by atoms with van der Waals surface area (Å²) in [4.78, 5) is 31.1. The Kier molecular flexibility index (Phi) is 51.5. The molecule has 0 aromatic rings. The first kappa shape index (κ1) is 44.4. The van der Waals surface area contributed by atoms with Gasteiger partial charge in [0.1, 0.15) is 0 Å². The van der Waals surface area contributed by atoms with Crippen molar-refractivity contribution in [1.29, 1.82) is 0 Å². The Bertz CT molecular complexity index is 454. The number of aliphatic carboxylic acids is 1. The predicted molar refractivity (Wildman–Crippen MR) is 144 cm³/mol. The van der Waals surface area contributed by atoms with Gasteiger partial charge in [0.05, 0.1) is 6.42 Å². The third-order valence-corrected chi connectivity index (χ3v) is 4.75. The Morgan fingerprint density at radius 3 is 1.31 bits per heavy atom. The summed E-state index contributed by atoms with van der Waals surface area (Å²) < 4.78 is 0. The second-order valence-electron chi connectivity index (χ2n) is 7.72. The molecule has 9 nitrogen and oxygen atoms in total. The van der Waals surface area contributed by atoms with Gasteiger partial charge in [0, 0.05) is 19.5 Å². The first-order valence-corrected chi connectivity index (χ1v) is 17.8. The minimum atomic E-state index is -0.961. The van der Waals surface area contributed by atoms with Crippen LogP contribution in [0, 0.1) is 0 Å². The van der Waals surface area contributed by atoms with Crippen molar-refractivity contribution in [2.24, 2.45) is 0 Å². The molecule has 0 rings (SSSR count). The average Bonchev–Trinajstić information content (AvgIpc) is 2.76. The van der Waals surface area contributed by atoms with Gasteiger partial charge in [-0.3, -0.25) is 9.59 Å². The summed E-state index contributed by atoms with van der Waals surface area (Å²) in [6.07, 6.45) is 17.6. The maximum absolute atomic E-state index is 11.3. The van der Waals surface area contributed by atoms with Crippen LogP contribution in [0.1, 0.15) is 117 Å². The zero-order valence-electron chi connectivity index (χ0n) is 21.6. The van der Waals surface area contributed by atoms with Crippen LogP contribution in [0.3, 0.4) is 0 Å². The van der Waals surface area contributed by atoms with Crippen molar-refractivity contribution in [3.63, 3.8) is 0 Å². The molecule has 0 aliphatic rings. The van der Waals surface area contributed by atoms with E-state index in [9.17, 15) is 14.4 Å². The fraction of sp³-hybridized carbons (Fsp3) is 0.870. The number of carboxylic acids is 1. The molecule has 35 heavy (non-hydrogen) atoms. The first-order valence-electron chi connectivity index (χ1n) is 12.1. The van der Waals surface area contributed by atoms with Gasteiger partial charge in [-0.25, -0.2) is 4.79 Å². The standard InChI is InChI=1S/C20H39NO3.C3H7NO2.2ClH.2H2N.Pt/c1-2-3-4-5-6-7-8-9-10-11-12-13-14-15-18-21-19(22)16-17-20(23)24;1-2-4-3(5)6;;;;;/h2-18H2,1H3,(H,21,22)(H,23,24);4H,2H2,1H3,(H,5,6);2*1H;2*1H2;/q;;;;2*-1;+4/p-2. The molecule has 8 N–H and O–H groups in total. The van der Waals surface area contributed by atoms with Crippen molar-refractivity contribution in [3.8, 4) is 0 Å². The number of carbonyl (C=O) groups is 3. The van der Waals surface area contributed by atoms with Crippen molar-refractivity contribution in [2.75, 3.05) is 13.1 Å². The molecule has 12 heteroatoms. The van der Waals surface area contributed by atoms with Crippen molar-refractivity contribution < 1.29 is 41.1 Å². The van der Waals surface area contributed by atoms with E-state index in [2.05, 4.69) is 17.6 Å². The number of nitrogens with two attached hydrogens (primary N) is 2. The van der Waals surface area contributed by atoms with Crippen LogP contribution in [0.5, 0.6) is 0 Å². The van der Waals surface area contributed by atoms with Gasteiger partial charge in [0.25, 0.3) is 0 Å². The smallest absolute Gasteiger partial charge is 0.693 e. The molecule has 0 fully saturated rings. The van der Waals surface area contributed by atoms with E-state index in [-0.39, 0.29) is 31.0 Å². The number of hydrogen-bond acceptors (Lipinski definition) is 3. The molecule has 0 spiro atoms. The van der Waals surface area contributed by atoms with Crippen LogP contribution in [0.2, 0.25) is 0 Å². The van der Waals surface area contributed by atoms with Gasteiger partial charge < -0.3 is 33.1 Å². The number of carbonyl (C=O) groups excluding carboxylic acids is 1. The van der Waals surface area contributed by atoms with Crippen molar-refractivity contribution in [2.45, 2.75) is 117 Å². The van der Waals surface area contributed by atoms with E-state index >= 15 is 0 Å². The molecule has 0 unspecified atom stereocenters. The molecule has 0 radical (unpaired) electrons. The van der Waals surface area contributed by atoms with Crippen molar-refractivity contribution in [3.05, 3.63) is 12.3 Å². The van der Waals surface area contributed by atoms with Crippen LogP contribution in [0.15, 0.2) is 0 Å². The quantitative estimate of drug-likeness (QED) is 0.0971. The van der Waals surface area contributed by atoms with Crippen LogP contribution in [-0.2, 0) is 26.1 Å². The molecular weight excluding hydrogens is 678 g/mol. The van der Waals surface area contributed by atoms with E-state index in [4.69, 9.17) is 29.0 Å². The Hall–Kier alpha value is -0.602. The fourth-order valence-electron chi connectivity index (χ4n) is 3.01. The summed E-state index contributed by atoms with van der Waals surface area (Å²) in [5, 5.41) is 21.2. The van der Waals surface area contributed by atoms with Gasteiger partial charge in [-0.1, -0.05) is 90.4 Å². The van der Waals surface area contributed by atoms with Crippen LogP contribution in [0.25, 0.3) is 12.3 Å². The molecule has 216 valence electrons. The zero-order valence-corrected chi connectivity index (χ0v) is 25.4. The summed E-state index contributed by atoms with van der Waals surface area (Å²) in [6, 6.07) is 0. The van der Waals surface area contributed by atoms with E-state index in [1.54, 1.807) is 6.92 Å². The summed E-state index contributed by atoms with van der Waals surface area (Å²) in [5.74, 6) is -1.06. The van der Waals surface area contributed by atoms with Gasteiger partial charge in [0.15, 0.2) is 0 Å². The number of unbranched alkanes of at least 4 members (excludes halogenated alkanes) is 13. The maximum Gasteiger partial charge on any atom is -0.693 e. The number of halogens is 2. The van der Waals surface area contributed by atoms with Gasteiger partial charge >= 0.3 is 47.4 Å². The molecule has 0 heterocycles. The summed E-state index contributed by atoms with van der Waals surface area (Å²) in [6.45, 7) is 5.15. The Morgan fingerprint density at radius 1 is 0.657 bits per heavy atom. The second-order valence-corrected chi connectivity index (χ2v) is 11.0. The summed E-state index contributed by atoms with van der Waals surface area (Å²) in [7, 11) is 9.75. The predicted octanol–water partition coefficient (Wildman–Crippen LogP) is 8.53. The normalized spacial score (nSPS) is 9.26. The Morgan fingerprint density at radius 2 is 1.03 bits per heavy atom. The SMILES string of the molecule is CCCCCCCCCCCCCCCCNC(=O)CCC(=O)O.CCNC(=O)O.[Cl][Pt+2][Cl].[NH2-].[NH2-]. The number of amides is 2. The van der Waals surface area contributed by atoms with E-state index < -0.39 is 28.5 Å². The van der Waals surface area contributed by atoms with E-state index in [0.717, 1.165) is 12.8 Å². The minimum absolute atomic E-state index is 0. The molecule has 0 aromatic heterocycles. The zero-order chi connectivity index (χ0) is 25.6. The maximum atomic E-state index is 11.3. The third-order valence-electron chi connectivity index (χ3n) is 4.75. The van der Waals surface area contributed by atoms with E-state index in [1.165, 1.54) is 77.0 Å². The number of hydrogen-bond donors (Lipinski definition) is 4. The first-order chi connectivity index (χ1) is 15.8. The molecule has 0 aromatic carbocycles. The molecular formula is C23H50Cl2N4O5Pt. The molecule has 0 saturated heterocycles. The second kappa shape index (κ2) is 40.6. The molecule has 2 amide bonds. The Balaban J connectivity index is -0.000000233. The largest absolute Gasteiger partial charge is 0.693 e. The molecule has 0 bridgehead atoms. The molecule has 0 aliphatic heterocycles. The van der Waals surface area contributed by atoms with Gasteiger partial charge in [-0.15, -0.1) is 0 Å². The van der Waals surface area contributed by atoms with Gasteiger partial charge in [-0.05, 0) is 13.3 Å².